The summed E-state index contributed by atoms with van der Waals surface area (Å²) in [6.45, 7) is 6.18. The highest BCUT2D eigenvalue weighted by molar-refractivity contribution is 14.0. The third-order valence-electron chi connectivity index (χ3n) is 3.11. The molecule has 126 valence electrons. The van der Waals surface area contributed by atoms with E-state index in [4.69, 9.17) is 0 Å². The van der Waals surface area contributed by atoms with Gasteiger partial charge in [-0.3, -0.25) is 0 Å². The van der Waals surface area contributed by atoms with Gasteiger partial charge in [-0.15, -0.1) is 35.3 Å². The Hall–Kier alpha value is -1.35. The molecule has 2 N–H and O–H groups in total. The van der Waals surface area contributed by atoms with Crippen molar-refractivity contribution in [3.05, 3.63) is 45.9 Å². The summed E-state index contributed by atoms with van der Waals surface area (Å²) in [5, 5.41) is 15.8. The number of phenolic OH excluding ortho intramolecular Hbond substituents is 1. The zero-order chi connectivity index (χ0) is 15.9. The summed E-state index contributed by atoms with van der Waals surface area (Å²) in [6.07, 6.45) is 0. The van der Waals surface area contributed by atoms with Crippen LogP contribution in [0.5, 0.6) is 5.75 Å². The summed E-state index contributed by atoms with van der Waals surface area (Å²) in [7, 11) is 2.01. The van der Waals surface area contributed by atoms with E-state index >= 15 is 0 Å². The van der Waals surface area contributed by atoms with E-state index in [2.05, 4.69) is 32.5 Å². The molecule has 2 aromatic rings. The van der Waals surface area contributed by atoms with E-state index in [-0.39, 0.29) is 29.7 Å². The summed E-state index contributed by atoms with van der Waals surface area (Å²) in [4.78, 5) is 11.2. The van der Waals surface area contributed by atoms with E-state index in [1.807, 2.05) is 26.1 Å². The molecule has 1 aromatic heterocycles. The van der Waals surface area contributed by atoms with E-state index in [0.717, 1.165) is 35.3 Å². The van der Waals surface area contributed by atoms with Crippen LogP contribution in [-0.2, 0) is 13.1 Å². The van der Waals surface area contributed by atoms with Gasteiger partial charge in [-0.1, -0.05) is 12.1 Å². The first-order valence-electron chi connectivity index (χ1n) is 7.27. The maximum atomic E-state index is 9.31. The molecule has 0 unspecified atom stereocenters. The van der Waals surface area contributed by atoms with Crippen LogP contribution in [0.4, 0.5) is 0 Å². The first kappa shape index (κ1) is 19.7. The number of thiazole rings is 1. The third-order valence-corrected chi connectivity index (χ3v) is 3.93. The molecule has 0 radical (unpaired) electrons. The van der Waals surface area contributed by atoms with Crippen molar-refractivity contribution < 1.29 is 5.11 Å². The molecule has 2 rings (SSSR count). The number of aromatic nitrogens is 1. The first-order chi connectivity index (χ1) is 10.6. The number of halogens is 1. The lowest BCUT2D eigenvalue weighted by atomic mass is 10.2. The van der Waals surface area contributed by atoms with Gasteiger partial charge in [0.2, 0.25) is 0 Å². The second kappa shape index (κ2) is 9.71. The van der Waals surface area contributed by atoms with Crippen LogP contribution < -0.4 is 5.32 Å². The van der Waals surface area contributed by atoms with Crippen LogP contribution in [0.2, 0.25) is 0 Å². The average Bonchev–Trinajstić information content (AvgIpc) is 2.90. The largest absolute Gasteiger partial charge is 0.508 e. The molecule has 23 heavy (non-hydrogen) atoms. The summed E-state index contributed by atoms with van der Waals surface area (Å²) in [5.41, 5.74) is 2.12. The van der Waals surface area contributed by atoms with Crippen LogP contribution in [0.3, 0.4) is 0 Å². The van der Waals surface area contributed by atoms with Crippen molar-refractivity contribution in [3.63, 3.8) is 0 Å². The lowest BCUT2D eigenvalue weighted by Crippen LogP contribution is -2.38. The van der Waals surface area contributed by atoms with Crippen LogP contribution in [0.1, 0.15) is 23.2 Å². The van der Waals surface area contributed by atoms with Crippen molar-refractivity contribution in [2.24, 2.45) is 4.99 Å². The minimum atomic E-state index is 0. The van der Waals surface area contributed by atoms with Crippen LogP contribution in [0.25, 0.3) is 0 Å². The molecule has 0 bridgehead atoms. The molecule has 1 heterocycles. The number of rotatable bonds is 5. The second-order valence-electron chi connectivity index (χ2n) is 5.05. The van der Waals surface area contributed by atoms with Crippen molar-refractivity contribution in [2.45, 2.75) is 26.9 Å². The number of aromatic hydroxyl groups is 1. The summed E-state index contributed by atoms with van der Waals surface area (Å²) in [6, 6.07) is 7.12. The number of hydrogen-bond donors (Lipinski definition) is 2. The number of phenols is 1. The van der Waals surface area contributed by atoms with Gasteiger partial charge in [-0.05, 0) is 31.5 Å². The molecule has 5 nitrogen and oxygen atoms in total. The highest BCUT2D eigenvalue weighted by Crippen LogP contribution is 2.12. The number of nitrogens with one attached hydrogen (secondary N) is 1. The summed E-state index contributed by atoms with van der Waals surface area (Å²) < 4.78 is 0. The van der Waals surface area contributed by atoms with E-state index in [0.29, 0.717) is 6.54 Å². The Balaban J connectivity index is 0.00000264. The molecule has 0 saturated heterocycles. The molecule has 0 aliphatic heterocycles. The Morgan fingerprint density at radius 3 is 2.61 bits per heavy atom. The number of nitrogens with zero attached hydrogens (tertiary/aromatic N) is 3. The highest BCUT2D eigenvalue weighted by atomic mass is 127. The fraction of sp³-hybridized carbons (Fsp3) is 0.375. The van der Waals surface area contributed by atoms with E-state index in [1.165, 1.54) is 0 Å². The van der Waals surface area contributed by atoms with Gasteiger partial charge >= 0.3 is 0 Å². The third kappa shape index (κ3) is 6.34. The smallest absolute Gasteiger partial charge is 0.194 e. The van der Waals surface area contributed by atoms with Gasteiger partial charge in [-0.2, -0.15) is 0 Å². The van der Waals surface area contributed by atoms with E-state index in [1.54, 1.807) is 23.5 Å². The molecule has 1 aromatic carbocycles. The molecule has 0 amide bonds. The Morgan fingerprint density at radius 1 is 1.35 bits per heavy atom. The van der Waals surface area contributed by atoms with Gasteiger partial charge in [-0.25, -0.2) is 9.98 Å². The highest BCUT2D eigenvalue weighted by Gasteiger charge is 2.08. The minimum Gasteiger partial charge on any atom is -0.508 e. The minimum absolute atomic E-state index is 0. The Kier molecular flexibility index (Phi) is 8.32. The Morgan fingerprint density at radius 2 is 2.04 bits per heavy atom. The lowest BCUT2D eigenvalue weighted by molar-refractivity contribution is 0.470. The zero-order valence-corrected chi connectivity index (χ0v) is 16.8. The zero-order valence-electron chi connectivity index (χ0n) is 13.6. The Bertz CT molecular complexity index is 627. The molecular weight excluding hydrogens is 423 g/mol. The maximum Gasteiger partial charge on any atom is 0.194 e. The quantitative estimate of drug-likeness (QED) is 0.420. The second-order valence-corrected chi connectivity index (χ2v) is 6.11. The van der Waals surface area contributed by atoms with E-state index < -0.39 is 0 Å². The molecule has 7 heteroatoms. The molecule has 0 aliphatic carbocycles. The first-order valence-corrected chi connectivity index (χ1v) is 8.14. The van der Waals surface area contributed by atoms with Crippen LogP contribution >= 0.6 is 35.3 Å². The fourth-order valence-corrected chi connectivity index (χ4v) is 2.64. The van der Waals surface area contributed by atoms with Crippen LogP contribution in [0, 0.1) is 6.92 Å². The molecule has 0 fully saturated rings. The van der Waals surface area contributed by atoms with Crippen molar-refractivity contribution in [3.8, 4) is 5.75 Å². The van der Waals surface area contributed by atoms with Gasteiger partial charge in [0.15, 0.2) is 5.96 Å². The van der Waals surface area contributed by atoms with Crippen molar-refractivity contribution in [1.29, 1.82) is 0 Å². The lowest BCUT2D eigenvalue weighted by Gasteiger charge is -2.21. The monoisotopic (exact) mass is 446 g/mol. The fourth-order valence-electron chi connectivity index (χ4n) is 2.04. The molecule has 0 saturated carbocycles. The van der Waals surface area contributed by atoms with Crippen molar-refractivity contribution in [1.82, 2.24) is 15.2 Å². The SMILES string of the molecule is CCNC(=NCc1ccc(O)cc1)N(C)Cc1csc(C)n1.I. The number of aliphatic imine (C=N–C) groups is 1. The van der Waals surface area contributed by atoms with Crippen molar-refractivity contribution in [2.75, 3.05) is 13.6 Å². The molecule has 0 aliphatic rings. The summed E-state index contributed by atoms with van der Waals surface area (Å²) >= 11 is 1.66. The summed E-state index contributed by atoms with van der Waals surface area (Å²) in [5.74, 6) is 1.12. The number of hydrogen-bond acceptors (Lipinski definition) is 4. The van der Waals surface area contributed by atoms with Crippen molar-refractivity contribution >= 4 is 41.3 Å². The predicted octanol–water partition coefficient (Wildman–Crippen LogP) is 3.37. The van der Waals surface area contributed by atoms with Gasteiger partial charge in [0, 0.05) is 19.0 Å². The average molecular weight is 446 g/mol. The number of guanidine groups is 1. The van der Waals surface area contributed by atoms with E-state index in [9.17, 15) is 5.11 Å². The normalized spacial score (nSPS) is 11.0. The van der Waals surface area contributed by atoms with Gasteiger partial charge < -0.3 is 15.3 Å². The van der Waals surface area contributed by atoms with Gasteiger partial charge in [0.1, 0.15) is 5.75 Å². The van der Waals surface area contributed by atoms with Crippen LogP contribution in [0.15, 0.2) is 34.6 Å². The standard InChI is InChI=1S/C16H22N4OS.HI/c1-4-17-16(18-9-13-5-7-15(21)8-6-13)20(3)10-14-11-22-12(2)19-14;/h5-8,11,21H,4,9-10H2,1-3H3,(H,17,18);1H. The maximum absolute atomic E-state index is 9.31. The number of aryl methyl sites for hydroxylation is 1. The van der Waals surface area contributed by atoms with Crippen LogP contribution in [-0.4, -0.2) is 34.5 Å². The van der Waals surface area contributed by atoms with Gasteiger partial charge in [0.05, 0.1) is 23.8 Å². The molecule has 0 atom stereocenters. The van der Waals surface area contributed by atoms with Gasteiger partial charge in [0.25, 0.3) is 0 Å². The number of benzene rings is 1. The topological polar surface area (TPSA) is 60.8 Å². The molecular formula is C16H23IN4OS. The Labute approximate surface area is 158 Å². The predicted molar refractivity (Wildman–Crippen MR) is 107 cm³/mol. The molecule has 0 spiro atoms.